The molecule has 0 amide bonds. The monoisotopic (exact) mass is 165 g/mol. The largest absolute Gasteiger partial charge is 0.616 e. The van der Waals surface area contributed by atoms with Crippen LogP contribution in [-0.2, 0) is 4.74 Å². The molecule has 1 aliphatic carbocycles. The first kappa shape index (κ1) is 8.91. The summed E-state index contributed by atoms with van der Waals surface area (Å²) in [6.07, 6.45) is 5.62. The maximum absolute atomic E-state index is 11.0. The second-order valence-electron chi connectivity index (χ2n) is 3.08. The lowest BCUT2D eigenvalue weighted by molar-refractivity contribution is -0.354. The van der Waals surface area contributed by atoms with E-state index < -0.39 is 0 Å². The summed E-state index contributed by atoms with van der Waals surface area (Å²) < 4.78 is 4.59. The van der Waals surface area contributed by atoms with Crippen LogP contribution in [0.25, 0.3) is 0 Å². The number of methoxy groups -OCH3 is 1. The molecule has 0 spiro atoms. The van der Waals surface area contributed by atoms with E-state index in [9.17, 15) is 5.11 Å². The van der Waals surface area contributed by atoms with E-state index in [1.54, 1.807) is 6.08 Å². The summed E-state index contributed by atoms with van der Waals surface area (Å²) >= 11 is 0. The molecular formula is C10H13O2-. The van der Waals surface area contributed by atoms with Gasteiger partial charge in [0.1, 0.15) is 0 Å². The lowest BCUT2D eigenvalue weighted by Gasteiger charge is -2.10. The van der Waals surface area contributed by atoms with Gasteiger partial charge in [-0.15, -0.1) is 0 Å². The maximum atomic E-state index is 11.0. The van der Waals surface area contributed by atoms with Crippen LogP contribution in [0.5, 0.6) is 0 Å². The number of rotatable bonds is 2. The van der Waals surface area contributed by atoms with Gasteiger partial charge in [0.2, 0.25) is 0 Å². The summed E-state index contributed by atoms with van der Waals surface area (Å²) in [5.74, 6) is 0.199. The van der Waals surface area contributed by atoms with Crippen molar-refractivity contribution in [2.24, 2.45) is 5.92 Å². The fourth-order valence-corrected chi connectivity index (χ4v) is 1.07. The molecule has 1 aliphatic rings. The third-order valence-corrected chi connectivity index (χ3v) is 1.87. The number of ether oxygens (including phenoxy) is 1. The van der Waals surface area contributed by atoms with Gasteiger partial charge in [0, 0.05) is 0 Å². The summed E-state index contributed by atoms with van der Waals surface area (Å²) in [7, 11) is 1.39. The van der Waals surface area contributed by atoms with Gasteiger partial charge in [-0.05, 0) is 30.2 Å². The van der Waals surface area contributed by atoms with Gasteiger partial charge in [-0.1, -0.05) is 26.0 Å². The van der Waals surface area contributed by atoms with Gasteiger partial charge >= 0.3 is 0 Å². The molecule has 1 rings (SSSR count). The summed E-state index contributed by atoms with van der Waals surface area (Å²) in [6.45, 7) is 4.19. The minimum absolute atomic E-state index is 0.262. The van der Waals surface area contributed by atoms with Crippen LogP contribution in [-0.4, -0.2) is 7.11 Å². The van der Waals surface area contributed by atoms with Crippen molar-refractivity contribution in [3.05, 3.63) is 35.3 Å². The second kappa shape index (κ2) is 3.48. The van der Waals surface area contributed by atoms with Crippen LogP contribution in [0.4, 0.5) is 0 Å². The molecule has 0 N–H and O–H groups in total. The molecule has 0 atom stereocenters. The molecule has 2 nitrogen and oxygen atoms in total. The minimum atomic E-state index is -0.262. The van der Waals surface area contributed by atoms with Crippen molar-refractivity contribution in [2.45, 2.75) is 13.8 Å². The fourth-order valence-electron chi connectivity index (χ4n) is 1.07. The Balaban J connectivity index is 2.86. The molecule has 0 aromatic carbocycles. The molecule has 0 saturated heterocycles. The van der Waals surface area contributed by atoms with Crippen LogP contribution in [0.1, 0.15) is 13.8 Å². The third kappa shape index (κ3) is 1.70. The highest BCUT2D eigenvalue weighted by atomic mass is 16.6. The van der Waals surface area contributed by atoms with Gasteiger partial charge in [0.25, 0.3) is 0 Å². The van der Waals surface area contributed by atoms with Gasteiger partial charge in [0.05, 0.1) is 5.95 Å². The van der Waals surface area contributed by atoms with Crippen molar-refractivity contribution in [1.29, 1.82) is 0 Å². The van der Waals surface area contributed by atoms with Crippen LogP contribution in [0.2, 0.25) is 0 Å². The number of hydrogen-bond acceptors (Lipinski definition) is 2. The van der Waals surface area contributed by atoms with E-state index in [0.29, 0.717) is 11.5 Å². The van der Waals surface area contributed by atoms with Crippen molar-refractivity contribution in [2.75, 3.05) is 7.11 Å². The smallest absolute Gasteiger partial charge is 0.0584 e. The second-order valence-corrected chi connectivity index (χ2v) is 3.08. The molecule has 0 unspecified atom stereocenters. The summed E-state index contributed by atoms with van der Waals surface area (Å²) in [6, 6.07) is 0. The minimum Gasteiger partial charge on any atom is -0.616 e. The molecule has 0 aromatic rings. The number of hydrogen-bond donors (Lipinski definition) is 0. The zero-order chi connectivity index (χ0) is 9.14. The Hall–Kier alpha value is -1.18. The molecule has 2 heteroatoms. The number of allylic oxidation sites excluding steroid dienone is 5. The van der Waals surface area contributed by atoms with Crippen LogP contribution in [0.3, 0.4) is 0 Å². The molecule has 0 fully saturated rings. The average molecular weight is 165 g/mol. The maximum Gasteiger partial charge on any atom is 0.0584 e. The Kier molecular flexibility index (Phi) is 2.58. The molecule has 0 aromatic heterocycles. The van der Waals surface area contributed by atoms with Crippen LogP contribution < -0.4 is 5.11 Å². The van der Waals surface area contributed by atoms with E-state index in [1.807, 2.05) is 12.2 Å². The van der Waals surface area contributed by atoms with Crippen molar-refractivity contribution in [3.63, 3.8) is 0 Å². The Morgan fingerprint density at radius 3 is 2.50 bits per heavy atom. The van der Waals surface area contributed by atoms with Gasteiger partial charge in [0.15, 0.2) is 0 Å². The Morgan fingerprint density at radius 1 is 1.42 bits per heavy atom. The Morgan fingerprint density at radius 2 is 2.08 bits per heavy atom. The topological polar surface area (TPSA) is 32.3 Å². The van der Waals surface area contributed by atoms with E-state index in [-0.39, 0.29) is 5.95 Å². The molecule has 0 saturated carbocycles. The highest BCUT2D eigenvalue weighted by molar-refractivity contribution is 5.46. The summed E-state index contributed by atoms with van der Waals surface area (Å²) in [5, 5.41) is 11.0. The fraction of sp³-hybridized carbons (Fsp3) is 0.400. The van der Waals surface area contributed by atoms with Crippen molar-refractivity contribution in [1.82, 2.24) is 0 Å². The molecule has 0 aliphatic heterocycles. The van der Waals surface area contributed by atoms with E-state index in [4.69, 9.17) is 0 Å². The van der Waals surface area contributed by atoms with Gasteiger partial charge in [-0.3, -0.25) is 0 Å². The first-order chi connectivity index (χ1) is 5.65. The van der Waals surface area contributed by atoms with Gasteiger partial charge < -0.3 is 9.84 Å². The quantitative estimate of drug-likeness (QED) is 0.579. The van der Waals surface area contributed by atoms with E-state index in [2.05, 4.69) is 18.6 Å². The van der Waals surface area contributed by atoms with Crippen LogP contribution in [0.15, 0.2) is 35.3 Å². The zero-order valence-corrected chi connectivity index (χ0v) is 7.63. The SMILES string of the molecule is CO/C([O-])=C1/C=CC(C(C)C)=C1. The third-order valence-electron chi connectivity index (χ3n) is 1.87. The van der Waals surface area contributed by atoms with Crippen molar-refractivity contribution < 1.29 is 9.84 Å². The first-order valence-corrected chi connectivity index (χ1v) is 4.00. The van der Waals surface area contributed by atoms with Crippen LogP contribution >= 0.6 is 0 Å². The highest BCUT2D eigenvalue weighted by Gasteiger charge is 2.06. The Labute approximate surface area is 72.9 Å². The lowest BCUT2D eigenvalue weighted by atomic mass is 10.1. The summed E-state index contributed by atoms with van der Waals surface area (Å²) in [4.78, 5) is 0. The van der Waals surface area contributed by atoms with Crippen molar-refractivity contribution in [3.8, 4) is 0 Å². The molecule has 0 radical (unpaired) electrons. The molecular weight excluding hydrogens is 152 g/mol. The standard InChI is InChI=1S/C10H14O2/c1-7(2)8-4-5-9(6-8)10(11)12-3/h4-7,11H,1-3H3/p-1/b10-9-. The van der Waals surface area contributed by atoms with Gasteiger partial charge in [-0.2, -0.15) is 0 Å². The van der Waals surface area contributed by atoms with Crippen molar-refractivity contribution >= 4 is 0 Å². The molecule has 0 heterocycles. The van der Waals surface area contributed by atoms with Crippen LogP contribution in [0, 0.1) is 5.92 Å². The Bertz CT molecular complexity index is 257. The first-order valence-electron chi connectivity index (χ1n) is 4.00. The van der Waals surface area contributed by atoms with Gasteiger partial charge in [-0.25, -0.2) is 0 Å². The molecule has 0 bridgehead atoms. The zero-order valence-electron chi connectivity index (χ0n) is 7.63. The van der Waals surface area contributed by atoms with E-state index in [0.717, 1.165) is 0 Å². The molecule has 66 valence electrons. The normalized spacial score (nSPS) is 19.8. The highest BCUT2D eigenvalue weighted by Crippen LogP contribution is 2.22. The summed E-state index contributed by atoms with van der Waals surface area (Å²) in [5.41, 5.74) is 1.82. The van der Waals surface area contributed by atoms with E-state index >= 15 is 0 Å². The van der Waals surface area contributed by atoms with E-state index in [1.165, 1.54) is 12.7 Å². The molecule has 12 heavy (non-hydrogen) atoms. The lowest BCUT2D eigenvalue weighted by Crippen LogP contribution is -2.07. The average Bonchev–Trinajstić information content (AvgIpc) is 2.51. The predicted octanol–water partition coefficient (Wildman–Crippen LogP) is 1.36. The predicted molar refractivity (Wildman–Crippen MR) is 46.1 cm³/mol.